The molecule has 7 aliphatic rings. The molecule has 7 fully saturated rings. The molecule has 7 rings (SSSR count). The van der Waals surface area contributed by atoms with Gasteiger partial charge in [0.15, 0.2) is 43.8 Å². The first kappa shape index (κ1) is 57.4. The molecule has 32 heteroatoms. The van der Waals surface area contributed by atoms with Gasteiger partial charge in [0.1, 0.15) is 97.5 Å². The summed E-state index contributed by atoms with van der Waals surface area (Å²) < 4.78 is 87.9. The van der Waals surface area contributed by atoms with Crippen molar-refractivity contribution in [2.24, 2.45) is 0 Å². The van der Waals surface area contributed by atoms with E-state index in [1.54, 1.807) is 0 Å². The van der Waals surface area contributed by atoms with Crippen molar-refractivity contribution in [1.29, 1.82) is 0 Å². The van der Waals surface area contributed by atoms with Crippen LogP contribution in [0.15, 0.2) is 0 Å². The van der Waals surface area contributed by atoms with Gasteiger partial charge in [0.05, 0.1) is 43.7 Å². The van der Waals surface area contributed by atoms with E-state index in [-0.39, 0.29) is 12.8 Å². The second-order valence-corrected chi connectivity index (χ2v) is 20.1. The van der Waals surface area contributed by atoms with E-state index in [0.29, 0.717) is 0 Å². The van der Waals surface area contributed by atoms with Crippen LogP contribution in [0.5, 0.6) is 0 Å². The van der Waals surface area contributed by atoms with Crippen LogP contribution in [0.25, 0.3) is 0 Å². The van der Waals surface area contributed by atoms with Crippen molar-refractivity contribution in [2.75, 3.05) is 13.2 Å². The van der Waals surface area contributed by atoms with Crippen LogP contribution >= 0.6 is 7.82 Å². The second-order valence-electron chi connectivity index (χ2n) is 18.7. The molecule has 0 radical (unpaired) electrons. The van der Waals surface area contributed by atoms with Crippen LogP contribution in [-0.2, 0) is 80.1 Å². The van der Waals surface area contributed by atoms with Crippen molar-refractivity contribution >= 4 is 25.6 Å². The lowest BCUT2D eigenvalue weighted by atomic mass is 9.93. The zero-order chi connectivity index (χ0) is 52.8. The van der Waals surface area contributed by atoms with Gasteiger partial charge in [0, 0.05) is 26.7 Å². The van der Waals surface area contributed by atoms with Crippen molar-refractivity contribution in [3.05, 3.63) is 0 Å². The molecular formula is C40H65N2O29P. The first-order valence-electron chi connectivity index (χ1n) is 23.1. The number of hydrogen-bond acceptors (Lipinski definition) is 27. The van der Waals surface area contributed by atoms with Crippen LogP contribution in [0.2, 0.25) is 0 Å². The van der Waals surface area contributed by atoms with Crippen LogP contribution in [0.4, 0.5) is 0 Å². The zero-order valence-corrected chi connectivity index (χ0v) is 40.1. The summed E-state index contributed by atoms with van der Waals surface area (Å²) >= 11 is 0. The molecule has 0 saturated carbocycles. The van der Waals surface area contributed by atoms with Crippen LogP contribution in [0.3, 0.4) is 0 Å². The molecule has 72 heavy (non-hydrogen) atoms. The number of fused-ring (bicyclic) bond motifs is 1. The van der Waals surface area contributed by atoms with Gasteiger partial charge in [0.2, 0.25) is 11.8 Å². The molecule has 0 aromatic heterocycles. The Kier molecular flexibility index (Phi) is 18.7. The number of carbonyl (C=O) groups is 3. The number of aliphatic carboxylic acids is 1. The van der Waals surface area contributed by atoms with Gasteiger partial charge in [-0.3, -0.25) is 18.6 Å². The Morgan fingerprint density at radius 1 is 0.569 bits per heavy atom. The molecule has 7 heterocycles. The highest BCUT2D eigenvalue weighted by molar-refractivity contribution is 7.47. The monoisotopic (exact) mass is 1070 g/mol. The van der Waals surface area contributed by atoms with Gasteiger partial charge in [-0.1, -0.05) is 0 Å². The van der Waals surface area contributed by atoms with Crippen molar-refractivity contribution < 1.29 is 141 Å². The smallest absolute Gasteiger partial charge is 0.472 e. The van der Waals surface area contributed by atoms with E-state index in [1.807, 2.05) is 0 Å². The minimum absolute atomic E-state index is 0.287. The van der Waals surface area contributed by atoms with E-state index in [4.69, 9.17) is 61.2 Å². The Morgan fingerprint density at radius 2 is 1.11 bits per heavy atom. The standard InChI is InChI=1S/C40H65N2O29P/c1-10-15(46)6-17(48)36(61-10)65-28-19(8-43)63-38(68-31-24(51)25(52)39(70-33(31)34(54)55)66-29-21(41-13(4)44)35(56)60-12(3)23(29)50)22(42-14(5)45)30(28)67-40-32(69-37-18(49)7-16(47)11(2)62-37)26(53)27-20(64-40)9-59-72(57,58)71-27/h10-12,15-33,35-40,43,46-53,56H,6-9H2,1-5H3,(H,41,44)(H,42,45)(H,54,55)(H,57,58)/t10-,11-,12+,15-,16-,17-,18-,19+,20+,21+,22+,23+,24+,25+,26-,27-,28+,29+,30+,31+,32+,33-,35+,36-,37-,38-,39-,40-/m0/s1. The van der Waals surface area contributed by atoms with Crippen LogP contribution < -0.4 is 10.6 Å². The molecule has 7 aliphatic heterocycles. The van der Waals surface area contributed by atoms with E-state index in [1.165, 1.54) is 20.8 Å². The van der Waals surface area contributed by atoms with Gasteiger partial charge in [-0.2, -0.15) is 0 Å². The number of carboxylic acids is 1. The van der Waals surface area contributed by atoms with E-state index in [9.17, 15) is 80.0 Å². The number of phosphoric ester groups is 1. The first-order valence-corrected chi connectivity index (χ1v) is 24.6. The summed E-state index contributed by atoms with van der Waals surface area (Å²) in [6.07, 6.45) is -45.2. The number of amides is 2. The molecule has 0 aliphatic carbocycles. The van der Waals surface area contributed by atoms with Gasteiger partial charge in [-0.05, 0) is 20.8 Å². The third-order valence-electron chi connectivity index (χ3n) is 13.3. The summed E-state index contributed by atoms with van der Waals surface area (Å²) in [6, 6.07) is -3.35. The van der Waals surface area contributed by atoms with Gasteiger partial charge >= 0.3 is 13.8 Å². The van der Waals surface area contributed by atoms with Crippen molar-refractivity contribution in [3.63, 3.8) is 0 Å². The average molecular weight is 1070 g/mol. The molecule has 14 N–H and O–H groups in total. The normalized spacial score (nSPS) is 51.1. The maximum atomic E-state index is 13.2. The molecule has 0 aromatic rings. The molecule has 414 valence electrons. The maximum Gasteiger partial charge on any atom is 0.472 e. The fourth-order valence-electron chi connectivity index (χ4n) is 9.43. The molecular weight excluding hydrogens is 1000 g/mol. The number of hydrogen-bond donors (Lipinski definition) is 14. The largest absolute Gasteiger partial charge is 0.479 e. The van der Waals surface area contributed by atoms with Crippen molar-refractivity contribution in [2.45, 2.75) is 219 Å². The van der Waals surface area contributed by atoms with Crippen LogP contribution in [-0.4, -0.2) is 264 Å². The SMILES string of the molecule is CC(=O)N[C@@H]1[C@@H](O[C@H]2O[C@H](C(=O)O)[C@H](O[C@@H]3O[C@H](CO)[C@@H](O[C@@H]4O[C@@H](C)[C@@H](O)C[C@@H]4O)[C@H](O[C@@H]4O[C@@H]5COP(=O)(O)O[C@@H]5[C@H](O)[C@H]4O[C@@H]4O[C@@H](C)[C@@H](O)C[C@@H]4O)[C@H]3NC(C)=O)[C@H](O)[C@H]2O)[C@H](O)[C@@H](C)O[C@H]1O. The predicted molar refractivity (Wildman–Crippen MR) is 223 cm³/mol. The number of ether oxygens (including phenoxy) is 11. The first-order chi connectivity index (χ1) is 33.8. The molecule has 29 atom stereocenters. The number of rotatable bonds is 14. The maximum absolute atomic E-state index is 13.2. The van der Waals surface area contributed by atoms with E-state index < -0.39 is 211 Å². The van der Waals surface area contributed by atoms with Gasteiger partial charge in [-0.25, -0.2) is 9.36 Å². The highest BCUT2D eigenvalue weighted by atomic mass is 31.2. The van der Waals surface area contributed by atoms with Crippen LogP contribution in [0, 0.1) is 0 Å². The number of carboxylic acid groups (broad SMARTS) is 1. The predicted octanol–water partition coefficient (Wildman–Crippen LogP) is -7.42. The molecule has 31 nitrogen and oxygen atoms in total. The molecule has 0 bridgehead atoms. The fraction of sp³-hybridized carbons (Fsp3) is 0.925. The number of phosphoric acid groups is 1. The summed E-state index contributed by atoms with van der Waals surface area (Å²) in [4.78, 5) is 48.4. The highest BCUT2D eigenvalue weighted by Crippen LogP contribution is 2.51. The molecule has 7 saturated heterocycles. The van der Waals surface area contributed by atoms with Gasteiger partial charge in [0.25, 0.3) is 0 Å². The Balaban J connectivity index is 1.24. The summed E-state index contributed by atoms with van der Waals surface area (Å²) in [5, 5.41) is 126. The Labute approximate surface area is 409 Å². The fourth-order valence-corrected chi connectivity index (χ4v) is 10.4. The minimum atomic E-state index is -4.80. The Bertz CT molecular complexity index is 1910. The third kappa shape index (κ3) is 12.6. The quantitative estimate of drug-likeness (QED) is 0.0719. The lowest BCUT2D eigenvalue weighted by Crippen LogP contribution is -2.71. The number of aliphatic hydroxyl groups is 10. The second kappa shape index (κ2) is 23.5. The van der Waals surface area contributed by atoms with Crippen molar-refractivity contribution in [3.8, 4) is 0 Å². The lowest BCUT2D eigenvalue weighted by Gasteiger charge is -2.52. The summed E-state index contributed by atoms with van der Waals surface area (Å²) in [5.74, 6) is -3.44. The minimum Gasteiger partial charge on any atom is -0.479 e. The summed E-state index contributed by atoms with van der Waals surface area (Å²) in [6.45, 7) is 4.60. The van der Waals surface area contributed by atoms with Crippen molar-refractivity contribution in [1.82, 2.24) is 10.6 Å². The number of aliphatic hydroxyl groups excluding tert-OH is 10. The lowest BCUT2D eigenvalue weighted by molar-refractivity contribution is -0.394. The number of nitrogens with one attached hydrogen (secondary N) is 2. The number of carbonyl (C=O) groups excluding carboxylic acids is 2. The van der Waals surface area contributed by atoms with E-state index in [0.717, 1.165) is 13.8 Å². The Hall–Kier alpha value is -2.32. The Morgan fingerprint density at radius 3 is 1.68 bits per heavy atom. The van der Waals surface area contributed by atoms with E-state index >= 15 is 0 Å². The molecule has 0 aromatic carbocycles. The van der Waals surface area contributed by atoms with Crippen LogP contribution in [0.1, 0.15) is 47.5 Å². The average Bonchev–Trinajstić information content (AvgIpc) is 3.29. The zero-order valence-electron chi connectivity index (χ0n) is 39.2. The van der Waals surface area contributed by atoms with Gasteiger partial charge in [-0.15, -0.1) is 0 Å². The molecule has 0 spiro atoms. The molecule has 1 unspecified atom stereocenters. The highest BCUT2D eigenvalue weighted by Gasteiger charge is 2.60. The van der Waals surface area contributed by atoms with Gasteiger partial charge < -0.3 is 124 Å². The third-order valence-corrected chi connectivity index (χ3v) is 14.3. The summed E-state index contributed by atoms with van der Waals surface area (Å²) in [7, 11) is -4.80. The topological polar surface area (TPSA) is 455 Å². The van der Waals surface area contributed by atoms with E-state index in [2.05, 4.69) is 10.6 Å². The summed E-state index contributed by atoms with van der Waals surface area (Å²) in [5.41, 5.74) is 0. The molecule has 2 amide bonds.